The predicted molar refractivity (Wildman–Crippen MR) is 74.8 cm³/mol. The molecule has 0 aliphatic carbocycles. The second kappa shape index (κ2) is 6.19. The Morgan fingerprint density at radius 1 is 1.50 bits per heavy atom. The fourth-order valence-corrected chi connectivity index (χ4v) is 3.15. The molecule has 0 radical (unpaired) electrons. The molecule has 1 saturated heterocycles. The number of hydrogen-bond acceptors (Lipinski definition) is 5. The smallest absolute Gasteiger partial charge is 0.241 e. The Labute approximate surface area is 118 Å². The summed E-state index contributed by atoms with van der Waals surface area (Å²) in [6.07, 6.45) is 2.54. The third kappa shape index (κ3) is 3.67. The van der Waals surface area contributed by atoms with E-state index in [1.807, 2.05) is 6.92 Å². The van der Waals surface area contributed by atoms with Gasteiger partial charge in [0.05, 0.1) is 4.90 Å². The number of rotatable bonds is 6. The summed E-state index contributed by atoms with van der Waals surface area (Å²) in [5, 5.41) is 5.63. The molecule has 1 aromatic heterocycles. The minimum Gasteiger partial charge on any atom is -0.370 e. The van der Waals surface area contributed by atoms with Crippen LogP contribution in [0, 0.1) is 0 Å². The van der Waals surface area contributed by atoms with Crippen molar-refractivity contribution in [1.29, 1.82) is 0 Å². The van der Waals surface area contributed by atoms with E-state index in [-0.39, 0.29) is 17.2 Å². The van der Waals surface area contributed by atoms with Gasteiger partial charge in [-0.1, -0.05) is 6.92 Å². The molecule has 3 N–H and O–H groups in total. The maximum Gasteiger partial charge on any atom is 0.241 e. The normalized spacial score (nSPS) is 18.9. The van der Waals surface area contributed by atoms with Crippen LogP contribution >= 0.6 is 0 Å². The van der Waals surface area contributed by atoms with Gasteiger partial charge in [-0.3, -0.25) is 4.79 Å². The number of aromatic nitrogens is 1. The van der Waals surface area contributed by atoms with E-state index in [1.54, 1.807) is 0 Å². The van der Waals surface area contributed by atoms with Gasteiger partial charge in [0.2, 0.25) is 15.9 Å². The molecule has 7 nitrogen and oxygen atoms in total. The van der Waals surface area contributed by atoms with Crippen LogP contribution < -0.4 is 15.4 Å². The first-order chi connectivity index (χ1) is 9.51. The molecule has 0 saturated carbocycles. The lowest BCUT2D eigenvalue weighted by Crippen LogP contribution is -2.36. The number of hydrogen-bond donors (Lipinski definition) is 3. The highest BCUT2D eigenvalue weighted by Crippen LogP contribution is 2.14. The lowest BCUT2D eigenvalue weighted by Gasteiger charge is -2.12. The molecule has 1 amide bonds. The third-order valence-corrected chi connectivity index (χ3v) is 4.42. The standard InChI is InChI=1S/C12H18N4O3S/c1-2-4-13-11-7-10(3-5-14-11)20(18,19)16-9-6-12(17)15-8-9/h3,5,7,9,16H,2,4,6,8H2,1H3,(H,13,14)(H,15,17). The number of pyridine rings is 1. The van der Waals surface area contributed by atoms with E-state index in [2.05, 4.69) is 20.3 Å². The number of sulfonamides is 1. The summed E-state index contributed by atoms with van der Waals surface area (Å²) in [6.45, 7) is 3.06. The Hall–Kier alpha value is -1.67. The monoisotopic (exact) mass is 298 g/mol. The zero-order valence-electron chi connectivity index (χ0n) is 11.2. The van der Waals surface area contributed by atoms with Crippen molar-refractivity contribution in [3.05, 3.63) is 18.3 Å². The van der Waals surface area contributed by atoms with E-state index in [4.69, 9.17) is 0 Å². The Morgan fingerprint density at radius 3 is 2.95 bits per heavy atom. The molecule has 0 spiro atoms. The van der Waals surface area contributed by atoms with Crippen molar-refractivity contribution in [3.63, 3.8) is 0 Å². The van der Waals surface area contributed by atoms with Crippen LogP contribution in [0.1, 0.15) is 19.8 Å². The van der Waals surface area contributed by atoms with Gasteiger partial charge in [-0.05, 0) is 12.5 Å². The molecule has 0 aromatic carbocycles. The molecule has 1 fully saturated rings. The van der Waals surface area contributed by atoms with E-state index in [0.717, 1.165) is 13.0 Å². The van der Waals surface area contributed by atoms with Crippen molar-refractivity contribution in [3.8, 4) is 0 Å². The highest BCUT2D eigenvalue weighted by atomic mass is 32.2. The van der Waals surface area contributed by atoms with E-state index >= 15 is 0 Å². The maximum atomic E-state index is 12.2. The number of carbonyl (C=O) groups excluding carboxylic acids is 1. The van der Waals surface area contributed by atoms with Gasteiger partial charge in [0, 0.05) is 37.8 Å². The molecule has 8 heteroatoms. The van der Waals surface area contributed by atoms with Crippen LogP contribution in [-0.2, 0) is 14.8 Å². The van der Waals surface area contributed by atoms with Crippen molar-refractivity contribution >= 4 is 21.7 Å². The van der Waals surface area contributed by atoms with Crippen molar-refractivity contribution in [1.82, 2.24) is 15.0 Å². The largest absolute Gasteiger partial charge is 0.370 e. The summed E-state index contributed by atoms with van der Waals surface area (Å²) < 4.78 is 26.9. The minimum absolute atomic E-state index is 0.141. The van der Waals surface area contributed by atoms with E-state index in [1.165, 1.54) is 18.3 Å². The van der Waals surface area contributed by atoms with Gasteiger partial charge in [-0.15, -0.1) is 0 Å². The molecule has 2 heterocycles. The van der Waals surface area contributed by atoms with Crippen LogP contribution in [0.5, 0.6) is 0 Å². The summed E-state index contributed by atoms with van der Waals surface area (Å²) in [6, 6.07) is 2.53. The fraction of sp³-hybridized carbons (Fsp3) is 0.500. The maximum absolute atomic E-state index is 12.2. The van der Waals surface area contributed by atoms with Crippen molar-refractivity contribution in [2.45, 2.75) is 30.7 Å². The van der Waals surface area contributed by atoms with Crippen LogP contribution in [0.15, 0.2) is 23.2 Å². The lowest BCUT2D eigenvalue weighted by molar-refractivity contribution is -0.119. The van der Waals surface area contributed by atoms with Gasteiger partial charge in [-0.2, -0.15) is 0 Å². The summed E-state index contributed by atoms with van der Waals surface area (Å²) in [4.78, 5) is 15.3. The summed E-state index contributed by atoms with van der Waals surface area (Å²) in [5.41, 5.74) is 0. The Balaban J connectivity index is 2.10. The van der Waals surface area contributed by atoms with Gasteiger partial charge in [-0.25, -0.2) is 18.1 Å². The molecule has 2 rings (SSSR count). The Morgan fingerprint density at radius 2 is 2.30 bits per heavy atom. The first-order valence-corrected chi connectivity index (χ1v) is 7.98. The van der Waals surface area contributed by atoms with Crippen molar-refractivity contribution in [2.75, 3.05) is 18.4 Å². The van der Waals surface area contributed by atoms with Crippen LogP contribution in [0.25, 0.3) is 0 Å². The third-order valence-electron chi connectivity index (χ3n) is 2.90. The average Bonchev–Trinajstić information content (AvgIpc) is 2.81. The van der Waals surface area contributed by atoms with Crippen LogP contribution in [0.2, 0.25) is 0 Å². The molecule has 110 valence electrons. The molecule has 1 aliphatic heterocycles. The Bertz CT molecular complexity index is 588. The molecule has 1 atom stereocenters. The van der Waals surface area contributed by atoms with Crippen LogP contribution in [-0.4, -0.2) is 38.4 Å². The molecular weight excluding hydrogens is 280 g/mol. The first kappa shape index (κ1) is 14.7. The van der Waals surface area contributed by atoms with Crippen molar-refractivity contribution in [2.24, 2.45) is 0 Å². The van der Waals surface area contributed by atoms with Gasteiger partial charge in [0.1, 0.15) is 5.82 Å². The SMILES string of the molecule is CCCNc1cc(S(=O)(=O)NC2CNC(=O)C2)ccn1. The highest BCUT2D eigenvalue weighted by Gasteiger charge is 2.27. The highest BCUT2D eigenvalue weighted by molar-refractivity contribution is 7.89. The zero-order valence-corrected chi connectivity index (χ0v) is 12.0. The number of carbonyl (C=O) groups is 1. The quantitative estimate of drug-likeness (QED) is 0.690. The number of nitrogens with one attached hydrogen (secondary N) is 3. The second-order valence-corrected chi connectivity index (χ2v) is 6.34. The zero-order chi connectivity index (χ0) is 14.6. The summed E-state index contributed by atoms with van der Waals surface area (Å²) in [5.74, 6) is 0.382. The number of nitrogens with zero attached hydrogens (tertiary/aromatic N) is 1. The minimum atomic E-state index is -3.64. The van der Waals surface area contributed by atoms with E-state index in [0.29, 0.717) is 12.4 Å². The van der Waals surface area contributed by atoms with Gasteiger partial charge < -0.3 is 10.6 Å². The van der Waals surface area contributed by atoms with Crippen molar-refractivity contribution < 1.29 is 13.2 Å². The van der Waals surface area contributed by atoms with E-state index < -0.39 is 16.1 Å². The molecule has 1 unspecified atom stereocenters. The van der Waals surface area contributed by atoms with E-state index in [9.17, 15) is 13.2 Å². The average molecular weight is 298 g/mol. The van der Waals surface area contributed by atoms with Gasteiger partial charge in [0.15, 0.2) is 0 Å². The summed E-state index contributed by atoms with van der Waals surface area (Å²) >= 11 is 0. The van der Waals surface area contributed by atoms with Crippen LogP contribution in [0.4, 0.5) is 5.82 Å². The molecule has 20 heavy (non-hydrogen) atoms. The number of amides is 1. The second-order valence-electron chi connectivity index (χ2n) is 4.63. The Kier molecular flexibility index (Phi) is 4.56. The molecule has 1 aliphatic rings. The fourth-order valence-electron chi connectivity index (χ4n) is 1.90. The predicted octanol–water partition coefficient (Wildman–Crippen LogP) is 0.0703. The van der Waals surface area contributed by atoms with Gasteiger partial charge >= 0.3 is 0 Å². The topological polar surface area (TPSA) is 100 Å². The first-order valence-electron chi connectivity index (χ1n) is 6.50. The lowest BCUT2D eigenvalue weighted by atomic mass is 10.3. The molecule has 1 aromatic rings. The number of anilines is 1. The molecule has 0 bridgehead atoms. The van der Waals surface area contributed by atoms with Crippen LogP contribution in [0.3, 0.4) is 0 Å². The summed E-state index contributed by atoms with van der Waals surface area (Å²) in [7, 11) is -3.64. The molecular formula is C12H18N4O3S. The van der Waals surface area contributed by atoms with Gasteiger partial charge in [0.25, 0.3) is 0 Å².